The highest BCUT2D eigenvalue weighted by Gasteiger charge is 2.10. The molecular weight excluding hydrogens is 272 g/mol. The lowest BCUT2D eigenvalue weighted by Gasteiger charge is -2.06. The van der Waals surface area contributed by atoms with Crippen molar-refractivity contribution in [1.82, 2.24) is 9.97 Å². The summed E-state index contributed by atoms with van der Waals surface area (Å²) in [4.78, 5) is 9.41. The number of fused-ring (bicyclic) bond motifs is 1. The summed E-state index contributed by atoms with van der Waals surface area (Å²) >= 11 is 0. The van der Waals surface area contributed by atoms with Gasteiger partial charge in [0.1, 0.15) is 5.82 Å². The molecule has 0 radical (unpaired) electrons. The summed E-state index contributed by atoms with van der Waals surface area (Å²) in [6.45, 7) is 0. The van der Waals surface area contributed by atoms with Gasteiger partial charge < -0.3 is 11.5 Å². The molecule has 20 heavy (non-hydrogen) atoms. The van der Waals surface area contributed by atoms with Crippen molar-refractivity contribution in [3.63, 3.8) is 0 Å². The lowest BCUT2D eigenvalue weighted by atomic mass is 10.2. The van der Waals surface area contributed by atoms with E-state index in [-0.39, 0.29) is 5.95 Å². The quantitative estimate of drug-likeness (QED) is 0.750. The molecule has 5 nitrogen and oxygen atoms in total. The zero-order chi connectivity index (χ0) is 14.1. The Morgan fingerprint density at radius 1 is 0.900 bits per heavy atom. The van der Waals surface area contributed by atoms with Crippen molar-refractivity contribution >= 4 is 33.5 Å². The third kappa shape index (κ3) is 2.21. The predicted molar refractivity (Wildman–Crippen MR) is 79.5 cm³/mol. The minimum absolute atomic E-state index is 0.131. The number of hydrogen-bond donors (Lipinski definition) is 2. The number of hydrogen-bond acceptors (Lipinski definition) is 5. The molecule has 0 amide bonds. The maximum absolute atomic E-state index is 12.5. The number of nitrogens with zero attached hydrogens (tertiary/aromatic N) is 2. The van der Waals surface area contributed by atoms with E-state index in [0.717, 1.165) is 4.90 Å². The Morgan fingerprint density at radius 3 is 2.40 bits per heavy atom. The van der Waals surface area contributed by atoms with Gasteiger partial charge in [-0.05, 0) is 30.3 Å². The second-order valence-corrected chi connectivity index (χ2v) is 5.71. The molecule has 0 spiro atoms. The lowest BCUT2D eigenvalue weighted by molar-refractivity contribution is 0.683. The first-order valence-electron chi connectivity index (χ1n) is 5.95. The fourth-order valence-electron chi connectivity index (χ4n) is 1.95. The molecule has 3 aromatic rings. The van der Waals surface area contributed by atoms with Gasteiger partial charge in [0, 0.05) is 15.2 Å². The van der Waals surface area contributed by atoms with E-state index in [1.807, 2.05) is 30.3 Å². The van der Waals surface area contributed by atoms with Crippen LogP contribution in [-0.2, 0) is 10.8 Å². The standard InChI is InChI=1S/C14H12N4OS/c15-13-11-8-10(6-7-12(11)17-14(16)18-13)20(19)9-4-2-1-3-5-9/h1-8H,(H4,15,16,17,18). The summed E-state index contributed by atoms with van der Waals surface area (Å²) in [5.74, 6) is 0.423. The van der Waals surface area contributed by atoms with E-state index in [0.29, 0.717) is 21.6 Å². The van der Waals surface area contributed by atoms with Gasteiger partial charge in [0.15, 0.2) is 0 Å². The number of nitrogen functional groups attached to an aromatic ring is 2. The van der Waals surface area contributed by atoms with Crippen LogP contribution in [0.1, 0.15) is 0 Å². The molecule has 0 aliphatic carbocycles. The highest BCUT2D eigenvalue weighted by atomic mass is 32.2. The smallest absolute Gasteiger partial charge is 0.222 e. The molecule has 2 aromatic carbocycles. The normalized spacial score (nSPS) is 12.4. The van der Waals surface area contributed by atoms with Crippen molar-refractivity contribution in [2.75, 3.05) is 11.5 Å². The Kier molecular flexibility index (Phi) is 3.08. The maximum Gasteiger partial charge on any atom is 0.222 e. The molecule has 0 aliphatic rings. The Hall–Kier alpha value is -2.47. The minimum Gasteiger partial charge on any atom is -0.383 e. The molecule has 0 bridgehead atoms. The molecule has 0 saturated heterocycles. The van der Waals surface area contributed by atoms with Gasteiger partial charge in [0.05, 0.1) is 16.3 Å². The van der Waals surface area contributed by atoms with E-state index in [9.17, 15) is 4.21 Å². The van der Waals surface area contributed by atoms with Crippen LogP contribution in [-0.4, -0.2) is 14.2 Å². The van der Waals surface area contributed by atoms with Crippen LogP contribution in [0.5, 0.6) is 0 Å². The predicted octanol–water partition coefficient (Wildman–Crippen LogP) is 1.96. The third-order valence-electron chi connectivity index (χ3n) is 2.89. The van der Waals surface area contributed by atoms with Gasteiger partial charge in [-0.15, -0.1) is 0 Å². The van der Waals surface area contributed by atoms with Crippen LogP contribution in [0.4, 0.5) is 11.8 Å². The molecule has 0 aliphatic heterocycles. The molecule has 100 valence electrons. The molecule has 1 atom stereocenters. The number of aromatic nitrogens is 2. The van der Waals surface area contributed by atoms with Crippen molar-refractivity contribution in [3.8, 4) is 0 Å². The Morgan fingerprint density at radius 2 is 1.65 bits per heavy atom. The van der Waals surface area contributed by atoms with Gasteiger partial charge in [-0.1, -0.05) is 18.2 Å². The van der Waals surface area contributed by atoms with Crippen molar-refractivity contribution in [2.45, 2.75) is 9.79 Å². The van der Waals surface area contributed by atoms with E-state index in [1.165, 1.54) is 0 Å². The average Bonchev–Trinajstić information content (AvgIpc) is 2.47. The van der Waals surface area contributed by atoms with Crippen molar-refractivity contribution < 1.29 is 4.21 Å². The highest BCUT2D eigenvalue weighted by Crippen LogP contribution is 2.24. The van der Waals surface area contributed by atoms with Gasteiger partial charge in [0.25, 0.3) is 0 Å². The lowest BCUT2D eigenvalue weighted by Crippen LogP contribution is -2.01. The molecule has 6 heteroatoms. The SMILES string of the molecule is Nc1nc(N)c2cc(S(=O)c3ccccc3)ccc2n1. The van der Waals surface area contributed by atoms with Crippen molar-refractivity contribution in [3.05, 3.63) is 48.5 Å². The molecule has 1 heterocycles. The van der Waals surface area contributed by atoms with Crippen LogP contribution in [0.25, 0.3) is 10.9 Å². The van der Waals surface area contributed by atoms with Crippen molar-refractivity contribution in [1.29, 1.82) is 0 Å². The Balaban J connectivity index is 2.12. The maximum atomic E-state index is 12.5. The van der Waals surface area contributed by atoms with Gasteiger partial charge in [-0.2, -0.15) is 4.98 Å². The summed E-state index contributed by atoms with van der Waals surface area (Å²) in [7, 11) is -1.26. The molecule has 0 fully saturated rings. The zero-order valence-electron chi connectivity index (χ0n) is 10.5. The summed E-state index contributed by atoms with van der Waals surface area (Å²) in [6.07, 6.45) is 0. The first-order chi connectivity index (χ1) is 9.65. The molecule has 4 N–H and O–H groups in total. The summed E-state index contributed by atoms with van der Waals surface area (Å²) in [6, 6.07) is 14.5. The summed E-state index contributed by atoms with van der Waals surface area (Å²) in [5, 5.41) is 0.654. The van der Waals surface area contributed by atoms with Gasteiger partial charge in [0.2, 0.25) is 5.95 Å². The van der Waals surface area contributed by atoms with E-state index < -0.39 is 10.8 Å². The van der Waals surface area contributed by atoms with Crippen molar-refractivity contribution in [2.24, 2.45) is 0 Å². The number of nitrogens with two attached hydrogens (primary N) is 2. The van der Waals surface area contributed by atoms with Gasteiger partial charge in [-0.25, -0.2) is 9.19 Å². The van der Waals surface area contributed by atoms with Crippen LogP contribution in [0.15, 0.2) is 58.3 Å². The van der Waals surface area contributed by atoms with Gasteiger partial charge in [-0.3, -0.25) is 0 Å². The van der Waals surface area contributed by atoms with E-state index in [4.69, 9.17) is 11.5 Å². The van der Waals surface area contributed by atoms with E-state index in [2.05, 4.69) is 9.97 Å². The van der Waals surface area contributed by atoms with E-state index >= 15 is 0 Å². The topological polar surface area (TPSA) is 94.9 Å². The summed E-state index contributed by atoms with van der Waals surface area (Å²) in [5.41, 5.74) is 12.0. The zero-order valence-corrected chi connectivity index (χ0v) is 11.3. The average molecular weight is 284 g/mol. The van der Waals surface area contributed by atoms with Gasteiger partial charge >= 0.3 is 0 Å². The number of anilines is 2. The molecule has 1 aromatic heterocycles. The minimum atomic E-state index is -1.26. The summed E-state index contributed by atoms with van der Waals surface area (Å²) < 4.78 is 12.5. The second kappa shape index (κ2) is 4.90. The monoisotopic (exact) mass is 284 g/mol. The second-order valence-electron chi connectivity index (χ2n) is 4.23. The fraction of sp³-hybridized carbons (Fsp3) is 0. The largest absolute Gasteiger partial charge is 0.383 e. The van der Waals surface area contributed by atoms with Crippen LogP contribution in [0.3, 0.4) is 0 Å². The Bertz CT molecular complexity index is 805. The van der Waals surface area contributed by atoms with Crippen LogP contribution in [0.2, 0.25) is 0 Å². The highest BCUT2D eigenvalue weighted by molar-refractivity contribution is 7.85. The molecule has 3 rings (SSSR count). The number of rotatable bonds is 2. The Labute approximate surface area is 118 Å². The first kappa shape index (κ1) is 12.6. The van der Waals surface area contributed by atoms with Crippen LogP contribution in [0, 0.1) is 0 Å². The fourth-order valence-corrected chi connectivity index (χ4v) is 3.04. The van der Waals surface area contributed by atoms with Crippen LogP contribution >= 0.6 is 0 Å². The van der Waals surface area contributed by atoms with Crippen LogP contribution < -0.4 is 11.5 Å². The molecule has 0 saturated carbocycles. The molecular formula is C14H12N4OS. The number of benzene rings is 2. The molecule has 1 unspecified atom stereocenters. The first-order valence-corrected chi connectivity index (χ1v) is 7.10. The van der Waals surface area contributed by atoms with E-state index in [1.54, 1.807) is 18.2 Å². The third-order valence-corrected chi connectivity index (χ3v) is 4.27.